The summed E-state index contributed by atoms with van der Waals surface area (Å²) in [5.74, 6) is 2.67. The number of ether oxygens (including phenoxy) is 1. The van der Waals surface area contributed by atoms with Gasteiger partial charge in [-0.15, -0.1) is 0 Å². The molecule has 1 aliphatic rings. The zero-order valence-electron chi connectivity index (χ0n) is 9.83. The summed E-state index contributed by atoms with van der Waals surface area (Å²) >= 11 is 2.10. The lowest BCUT2D eigenvalue weighted by Crippen LogP contribution is -2.30. The van der Waals surface area contributed by atoms with Crippen LogP contribution in [-0.2, 0) is 4.74 Å². The monoisotopic (exact) mass is 232 g/mol. The van der Waals surface area contributed by atoms with Crippen LogP contribution >= 0.6 is 11.8 Å². The quantitative estimate of drug-likeness (QED) is 0.663. The number of hydrogen-bond donors (Lipinski definition) is 1. The van der Waals surface area contributed by atoms with E-state index in [0.29, 0.717) is 0 Å². The molecular weight excluding hydrogens is 208 g/mol. The van der Waals surface area contributed by atoms with Gasteiger partial charge in [-0.25, -0.2) is 0 Å². The molecule has 1 N–H and O–H groups in total. The van der Waals surface area contributed by atoms with Crippen LogP contribution in [0.4, 0.5) is 0 Å². The number of hydrogen-bond acceptors (Lipinski definition) is 4. The van der Waals surface area contributed by atoms with Crippen molar-refractivity contribution in [1.82, 2.24) is 10.2 Å². The average molecular weight is 232 g/mol. The van der Waals surface area contributed by atoms with Crippen molar-refractivity contribution in [2.24, 2.45) is 0 Å². The van der Waals surface area contributed by atoms with Gasteiger partial charge in [0.15, 0.2) is 0 Å². The van der Waals surface area contributed by atoms with Crippen LogP contribution in [0.5, 0.6) is 0 Å². The van der Waals surface area contributed by atoms with Gasteiger partial charge in [0.05, 0.1) is 6.61 Å². The molecule has 0 unspecified atom stereocenters. The molecule has 0 aromatic heterocycles. The predicted molar refractivity (Wildman–Crippen MR) is 67.7 cm³/mol. The van der Waals surface area contributed by atoms with Crippen molar-refractivity contribution in [3.8, 4) is 0 Å². The Morgan fingerprint density at radius 2 is 2.20 bits per heavy atom. The van der Waals surface area contributed by atoms with Crippen molar-refractivity contribution in [2.75, 3.05) is 57.9 Å². The van der Waals surface area contributed by atoms with Gasteiger partial charge in [0.1, 0.15) is 0 Å². The van der Waals surface area contributed by atoms with Gasteiger partial charge in [-0.1, -0.05) is 0 Å². The standard InChI is InChI=1S/C11H24N2OS/c1-14-9-5-12-4-2-6-13-7-3-10-15-11-8-13/h12H,2-11H2,1H3. The summed E-state index contributed by atoms with van der Waals surface area (Å²) in [5.41, 5.74) is 0. The van der Waals surface area contributed by atoms with Gasteiger partial charge < -0.3 is 15.0 Å². The summed E-state index contributed by atoms with van der Waals surface area (Å²) in [5, 5.41) is 3.38. The first-order chi connectivity index (χ1) is 7.43. The van der Waals surface area contributed by atoms with Crippen LogP contribution in [0.3, 0.4) is 0 Å². The molecule has 0 saturated carbocycles. The zero-order valence-corrected chi connectivity index (χ0v) is 10.7. The molecule has 15 heavy (non-hydrogen) atoms. The van der Waals surface area contributed by atoms with Crippen LogP contribution < -0.4 is 5.32 Å². The van der Waals surface area contributed by atoms with Gasteiger partial charge in [0, 0.05) is 26.0 Å². The first-order valence-electron chi connectivity index (χ1n) is 5.93. The molecule has 1 saturated heterocycles. The third-order valence-corrected chi connectivity index (χ3v) is 3.67. The highest BCUT2D eigenvalue weighted by Gasteiger charge is 2.07. The Balaban J connectivity index is 1.89. The van der Waals surface area contributed by atoms with Crippen molar-refractivity contribution in [1.29, 1.82) is 0 Å². The lowest BCUT2D eigenvalue weighted by atomic mass is 10.3. The minimum Gasteiger partial charge on any atom is -0.383 e. The normalized spacial score (nSPS) is 19.0. The van der Waals surface area contributed by atoms with Gasteiger partial charge in [-0.05, 0) is 38.2 Å². The molecule has 0 aromatic rings. The Labute approximate surface area is 97.9 Å². The van der Waals surface area contributed by atoms with E-state index in [4.69, 9.17) is 4.74 Å². The summed E-state index contributed by atoms with van der Waals surface area (Å²) in [6, 6.07) is 0. The Morgan fingerprint density at radius 1 is 1.27 bits per heavy atom. The average Bonchev–Trinajstić information content (AvgIpc) is 2.52. The molecule has 0 radical (unpaired) electrons. The maximum Gasteiger partial charge on any atom is 0.0587 e. The van der Waals surface area contributed by atoms with E-state index in [2.05, 4.69) is 22.0 Å². The van der Waals surface area contributed by atoms with Crippen LogP contribution in [0.15, 0.2) is 0 Å². The van der Waals surface area contributed by atoms with Gasteiger partial charge in [-0.2, -0.15) is 11.8 Å². The molecule has 1 fully saturated rings. The molecule has 1 aliphatic heterocycles. The molecule has 0 atom stereocenters. The number of nitrogens with zero attached hydrogens (tertiary/aromatic N) is 1. The molecular formula is C11H24N2OS. The fourth-order valence-corrected chi connectivity index (χ4v) is 2.67. The first kappa shape index (κ1) is 13.3. The van der Waals surface area contributed by atoms with E-state index in [1.807, 2.05) is 0 Å². The maximum absolute atomic E-state index is 4.98. The summed E-state index contributed by atoms with van der Waals surface area (Å²) in [7, 11) is 1.75. The van der Waals surface area contributed by atoms with Crippen molar-refractivity contribution in [3.05, 3.63) is 0 Å². The SMILES string of the molecule is COCCNCCCN1CCCSCC1. The molecule has 90 valence electrons. The lowest BCUT2D eigenvalue weighted by molar-refractivity contribution is 0.198. The highest BCUT2D eigenvalue weighted by atomic mass is 32.2. The third-order valence-electron chi connectivity index (χ3n) is 2.63. The van der Waals surface area contributed by atoms with Crippen LogP contribution in [0.2, 0.25) is 0 Å². The number of rotatable bonds is 7. The zero-order chi connectivity index (χ0) is 10.8. The van der Waals surface area contributed by atoms with E-state index in [-0.39, 0.29) is 0 Å². The number of thioether (sulfide) groups is 1. The third kappa shape index (κ3) is 7.17. The van der Waals surface area contributed by atoms with Crippen LogP contribution in [0, 0.1) is 0 Å². The van der Waals surface area contributed by atoms with E-state index in [9.17, 15) is 0 Å². The van der Waals surface area contributed by atoms with Crippen molar-refractivity contribution in [3.63, 3.8) is 0 Å². The predicted octanol–water partition coefficient (Wildman–Crippen LogP) is 1.05. The highest BCUT2D eigenvalue weighted by Crippen LogP contribution is 2.09. The highest BCUT2D eigenvalue weighted by molar-refractivity contribution is 7.99. The second-order valence-electron chi connectivity index (χ2n) is 3.90. The first-order valence-corrected chi connectivity index (χ1v) is 7.08. The van der Waals surface area contributed by atoms with E-state index in [1.54, 1.807) is 7.11 Å². The molecule has 1 heterocycles. The molecule has 0 spiro atoms. The molecule has 1 rings (SSSR count). The summed E-state index contributed by atoms with van der Waals surface area (Å²) in [6.45, 7) is 6.74. The Morgan fingerprint density at radius 3 is 3.07 bits per heavy atom. The Bertz CT molecular complexity index is 139. The number of nitrogens with one attached hydrogen (secondary N) is 1. The molecule has 0 aliphatic carbocycles. The molecule has 0 amide bonds. The minimum absolute atomic E-state index is 0.820. The van der Waals surface area contributed by atoms with Gasteiger partial charge in [-0.3, -0.25) is 0 Å². The molecule has 0 bridgehead atoms. The summed E-state index contributed by atoms with van der Waals surface area (Å²) in [6.07, 6.45) is 2.62. The fourth-order valence-electron chi connectivity index (χ4n) is 1.75. The van der Waals surface area contributed by atoms with Crippen LogP contribution in [0.25, 0.3) is 0 Å². The Hall–Kier alpha value is 0.230. The van der Waals surface area contributed by atoms with E-state index < -0.39 is 0 Å². The second kappa shape index (κ2) is 9.46. The van der Waals surface area contributed by atoms with E-state index in [0.717, 1.165) is 19.7 Å². The van der Waals surface area contributed by atoms with Crippen molar-refractivity contribution < 1.29 is 4.74 Å². The van der Waals surface area contributed by atoms with E-state index in [1.165, 1.54) is 44.0 Å². The van der Waals surface area contributed by atoms with Gasteiger partial charge >= 0.3 is 0 Å². The largest absolute Gasteiger partial charge is 0.383 e. The fraction of sp³-hybridized carbons (Fsp3) is 1.00. The molecule has 0 aromatic carbocycles. The second-order valence-corrected chi connectivity index (χ2v) is 5.13. The van der Waals surface area contributed by atoms with Crippen LogP contribution in [0.1, 0.15) is 12.8 Å². The van der Waals surface area contributed by atoms with Crippen molar-refractivity contribution in [2.45, 2.75) is 12.8 Å². The van der Waals surface area contributed by atoms with Crippen molar-refractivity contribution >= 4 is 11.8 Å². The topological polar surface area (TPSA) is 24.5 Å². The summed E-state index contributed by atoms with van der Waals surface area (Å²) < 4.78 is 4.98. The minimum atomic E-state index is 0.820. The maximum atomic E-state index is 4.98. The number of methoxy groups -OCH3 is 1. The van der Waals surface area contributed by atoms with E-state index >= 15 is 0 Å². The molecule has 3 nitrogen and oxygen atoms in total. The lowest BCUT2D eigenvalue weighted by Gasteiger charge is -2.19. The summed E-state index contributed by atoms with van der Waals surface area (Å²) in [4.78, 5) is 2.60. The Kier molecular flexibility index (Phi) is 8.38. The van der Waals surface area contributed by atoms with Gasteiger partial charge in [0.2, 0.25) is 0 Å². The molecule has 4 heteroatoms. The van der Waals surface area contributed by atoms with Gasteiger partial charge in [0.25, 0.3) is 0 Å². The van der Waals surface area contributed by atoms with Crippen LogP contribution in [-0.4, -0.2) is 62.8 Å². The smallest absolute Gasteiger partial charge is 0.0587 e.